The van der Waals surface area contributed by atoms with E-state index in [1.165, 1.54) is 10.9 Å². The molecule has 0 unspecified atom stereocenters. The van der Waals surface area contributed by atoms with Gasteiger partial charge >= 0.3 is 0 Å². The van der Waals surface area contributed by atoms with Crippen LogP contribution < -0.4 is 0 Å². The predicted octanol–water partition coefficient (Wildman–Crippen LogP) is 3.19. The Morgan fingerprint density at radius 3 is 2.92 bits per heavy atom. The molecular weight excluding hydrogens is 158 g/mol. The average molecular weight is 169 g/mol. The first kappa shape index (κ1) is 7.99. The molecule has 1 nitrogen and oxygen atoms in total. The van der Waals surface area contributed by atoms with E-state index in [1.807, 2.05) is 25.3 Å². The van der Waals surface area contributed by atoms with Gasteiger partial charge in [-0.25, -0.2) is 0 Å². The van der Waals surface area contributed by atoms with Gasteiger partial charge < -0.3 is 0 Å². The van der Waals surface area contributed by atoms with Gasteiger partial charge in [-0.2, -0.15) is 0 Å². The third-order valence-electron chi connectivity index (χ3n) is 2.08. The van der Waals surface area contributed by atoms with Gasteiger partial charge in [-0.3, -0.25) is 4.98 Å². The Kier molecular flexibility index (Phi) is 1.85. The number of aromatic nitrogens is 1. The average Bonchev–Trinajstić information content (AvgIpc) is 2.17. The molecule has 2 aromatic rings. The zero-order valence-corrected chi connectivity index (χ0v) is 7.62. The Hall–Kier alpha value is -1.63. The molecule has 1 aromatic carbocycles. The molecule has 0 saturated heterocycles. The minimum atomic E-state index is 1.03. The van der Waals surface area contributed by atoms with Gasteiger partial charge in [0.05, 0.1) is 5.52 Å². The van der Waals surface area contributed by atoms with Gasteiger partial charge in [0.15, 0.2) is 0 Å². The summed E-state index contributed by atoms with van der Waals surface area (Å²) in [4.78, 5) is 4.34. The summed E-state index contributed by atoms with van der Waals surface area (Å²) in [6, 6.07) is 8.31. The van der Waals surface area contributed by atoms with Crippen LogP contribution in [0.4, 0.5) is 0 Å². The molecule has 0 radical (unpaired) electrons. The summed E-state index contributed by atoms with van der Waals surface area (Å²) in [5.41, 5.74) is 3.34. The molecule has 0 fully saturated rings. The number of hydrogen-bond acceptors (Lipinski definition) is 1. The molecule has 13 heavy (non-hydrogen) atoms. The lowest BCUT2D eigenvalue weighted by Crippen LogP contribution is -1.81. The Labute approximate surface area is 77.7 Å². The van der Waals surface area contributed by atoms with Crippen molar-refractivity contribution in [3.63, 3.8) is 0 Å². The van der Waals surface area contributed by atoms with Gasteiger partial charge in [0.2, 0.25) is 0 Å². The van der Waals surface area contributed by atoms with E-state index in [-0.39, 0.29) is 0 Å². The van der Waals surface area contributed by atoms with Crippen molar-refractivity contribution in [2.45, 2.75) is 6.92 Å². The van der Waals surface area contributed by atoms with Gasteiger partial charge in [-0.05, 0) is 30.2 Å². The topological polar surface area (TPSA) is 12.9 Å². The number of pyridine rings is 1. The number of fused-ring (bicyclic) bond motifs is 1. The number of nitrogens with zero attached hydrogens (tertiary/aromatic N) is 1. The van der Waals surface area contributed by atoms with E-state index in [1.54, 1.807) is 0 Å². The van der Waals surface area contributed by atoms with E-state index >= 15 is 0 Å². The molecular formula is C12H11N. The molecule has 0 aliphatic carbocycles. The molecule has 0 amide bonds. The van der Waals surface area contributed by atoms with Gasteiger partial charge in [-0.1, -0.05) is 24.8 Å². The van der Waals surface area contributed by atoms with Crippen LogP contribution in [0.15, 0.2) is 37.0 Å². The molecule has 1 aromatic heterocycles. The van der Waals surface area contributed by atoms with Crippen LogP contribution in [0.1, 0.15) is 11.1 Å². The third kappa shape index (κ3) is 1.45. The normalized spacial score (nSPS) is 10.2. The van der Waals surface area contributed by atoms with Crippen molar-refractivity contribution in [2.75, 3.05) is 0 Å². The van der Waals surface area contributed by atoms with Gasteiger partial charge in [0.25, 0.3) is 0 Å². The Morgan fingerprint density at radius 1 is 1.31 bits per heavy atom. The van der Waals surface area contributed by atoms with Crippen molar-refractivity contribution in [1.82, 2.24) is 4.98 Å². The van der Waals surface area contributed by atoms with E-state index in [4.69, 9.17) is 0 Å². The number of hydrogen-bond donors (Lipinski definition) is 0. The summed E-state index contributed by atoms with van der Waals surface area (Å²) in [7, 11) is 0. The van der Waals surface area contributed by atoms with Crippen molar-refractivity contribution in [3.05, 3.63) is 48.2 Å². The van der Waals surface area contributed by atoms with Crippen LogP contribution in [0.3, 0.4) is 0 Å². The molecule has 1 heteroatoms. The Bertz CT molecular complexity index is 458. The standard InChI is InChI=1S/C12H11N/c1-3-10-4-5-11-6-9(2)8-13-12(11)7-10/h3-8H,1H2,2H3. The minimum Gasteiger partial charge on any atom is -0.256 e. The minimum absolute atomic E-state index is 1.03. The second kappa shape index (κ2) is 3.02. The summed E-state index contributed by atoms with van der Waals surface area (Å²) < 4.78 is 0. The molecule has 2 rings (SSSR count). The number of rotatable bonds is 1. The van der Waals surface area contributed by atoms with Gasteiger partial charge in [-0.15, -0.1) is 0 Å². The van der Waals surface area contributed by atoms with Crippen LogP contribution in [0.2, 0.25) is 0 Å². The second-order valence-corrected chi connectivity index (χ2v) is 3.17. The molecule has 64 valence electrons. The first-order chi connectivity index (χ1) is 6.29. The van der Waals surface area contributed by atoms with Gasteiger partial charge in [0.1, 0.15) is 0 Å². The molecule has 0 saturated carbocycles. The maximum absolute atomic E-state index is 4.34. The monoisotopic (exact) mass is 169 g/mol. The van der Waals surface area contributed by atoms with E-state index in [9.17, 15) is 0 Å². The van der Waals surface area contributed by atoms with Crippen molar-refractivity contribution in [3.8, 4) is 0 Å². The fourth-order valence-corrected chi connectivity index (χ4v) is 1.38. The first-order valence-corrected chi connectivity index (χ1v) is 4.28. The van der Waals surface area contributed by atoms with Crippen LogP contribution in [-0.4, -0.2) is 4.98 Å². The summed E-state index contributed by atoms with van der Waals surface area (Å²) in [6.07, 6.45) is 3.72. The lowest BCUT2D eigenvalue weighted by Gasteiger charge is -1.99. The third-order valence-corrected chi connectivity index (χ3v) is 2.08. The highest BCUT2D eigenvalue weighted by molar-refractivity contribution is 5.81. The lowest BCUT2D eigenvalue weighted by atomic mass is 10.1. The van der Waals surface area contributed by atoms with Crippen molar-refractivity contribution < 1.29 is 0 Å². The lowest BCUT2D eigenvalue weighted by molar-refractivity contribution is 1.33. The zero-order valence-electron chi connectivity index (χ0n) is 7.62. The van der Waals surface area contributed by atoms with Crippen molar-refractivity contribution in [2.24, 2.45) is 0 Å². The fraction of sp³-hybridized carbons (Fsp3) is 0.0833. The molecule has 0 aliphatic rings. The molecule has 0 N–H and O–H groups in total. The SMILES string of the molecule is C=Cc1ccc2cc(C)cnc2c1. The predicted molar refractivity (Wildman–Crippen MR) is 56.6 cm³/mol. The molecule has 0 aliphatic heterocycles. The smallest absolute Gasteiger partial charge is 0.0708 e. The maximum Gasteiger partial charge on any atom is 0.0708 e. The van der Waals surface area contributed by atoms with Crippen LogP contribution in [-0.2, 0) is 0 Å². The van der Waals surface area contributed by atoms with Crippen LogP contribution in [0.25, 0.3) is 17.0 Å². The number of benzene rings is 1. The Morgan fingerprint density at radius 2 is 2.15 bits per heavy atom. The quantitative estimate of drug-likeness (QED) is 0.638. The summed E-state index contributed by atoms with van der Waals surface area (Å²) in [5.74, 6) is 0. The van der Waals surface area contributed by atoms with Crippen LogP contribution in [0.5, 0.6) is 0 Å². The first-order valence-electron chi connectivity index (χ1n) is 4.28. The fourth-order valence-electron chi connectivity index (χ4n) is 1.38. The van der Waals surface area contributed by atoms with E-state index in [2.05, 4.69) is 29.8 Å². The van der Waals surface area contributed by atoms with Gasteiger partial charge in [0, 0.05) is 11.6 Å². The van der Waals surface area contributed by atoms with Crippen molar-refractivity contribution >= 4 is 17.0 Å². The Balaban J connectivity index is 2.73. The highest BCUT2D eigenvalue weighted by Gasteiger charge is 1.95. The molecule has 0 bridgehead atoms. The highest BCUT2D eigenvalue weighted by Crippen LogP contribution is 2.15. The van der Waals surface area contributed by atoms with Crippen molar-refractivity contribution in [1.29, 1.82) is 0 Å². The van der Waals surface area contributed by atoms with Crippen LogP contribution in [0, 0.1) is 6.92 Å². The molecule has 0 atom stereocenters. The van der Waals surface area contributed by atoms with E-state index in [0.29, 0.717) is 0 Å². The summed E-state index contributed by atoms with van der Waals surface area (Å²) >= 11 is 0. The summed E-state index contributed by atoms with van der Waals surface area (Å²) in [6.45, 7) is 5.78. The summed E-state index contributed by atoms with van der Waals surface area (Å²) in [5, 5.41) is 1.19. The maximum atomic E-state index is 4.34. The largest absolute Gasteiger partial charge is 0.256 e. The second-order valence-electron chi connectivity index (χ2n) is 3.17. The molecule has 1 heterocycles. The molecule has 0 spiro atoms. The number of aryl methyl sites for hydroxylation is 1. The zero-order chi connectivity index (χ0) is 9.26. The highest BCUT2D eigenvalue weighted by atomic mass is 14.6. The van der Waals surface area contributed by atoms with E-state index in [0.717, 1.165) is 11.1 Å². The van der Waals surface area contributed by atoms with E-state index < -0.39 is 0 Å². The van der Waals surface area contributed by atoms with Crippen LogP contribution >= 0.6 is 0 Å².